The molecule has 200 valence electrons. The fraction of sp³-hybridized carbons (Fsp3) is 0.172. The van der Waals surface area contributed by atoms with Crippen LogP contribution in [0.2, 0.25) is 5.02 Å². The van der Waals surface area contributed by atoms with E-state index >= 15 is 0 Å². The zero-order valence-corrected chi connectivity index (χ0v) is 21.9. The molecule has 0 aliphatic rings. The van der Waals surface area contributed by atoms with Gasteiger partial charge in [0.2, 0.25) is 0 Å². The Labute approximate surface area is 229 Å². The maximum absolute atomic E-state index is 12.8. The molecule has 4 rings (SSSR count). The van der Waals surface area contributed by atoms with Gasteiger partial charge in [-0.15, -0.1) is 0 Å². The molecule has 2 atom stereocenters. The van der Waals surface area contributed by atoms with Gasteiger partial charge in [0.1, 0.15) is 23.5 Å². The molecule has 0 saturated heterocycles. The summed E-state index contributed by atoms with van der Waals surface area (Å²) in [5, 5.41) is 19.2. The summed E-state index contributed by atoms with van der Waals surface area (Å²) in [7, 11) is 0. The Kier molecular flexibility index (Phi) is 8.63. The molecule has 0 spiro atoms. The number of nitrogens with zero attached hydrogens (tertiary/aromatic N) is 1. The Morgan fingerprint density at radius 3 is 2.33 bits per heavy atom. The monoisotopic (exact) mass is 547 g/mol. The van der Waals surface area contributed by atoms with Crippen LogP contribution in [0.1, 0.15) is 40.2 Å². The highest BCUT2D eigenvalue weighted by Gasteiger charge is 2.23. The van der Waals surface area contributed by atoms with E-state index in [1.807, 2.05) is 18.2 Å². The van der Waals surface area contributed by atoms with E-state index in [0.717, 1.165) is 5.56 Å². The van der Waals surface area contributed by atoms with Gasteiger partial charge in [-0.05, 0) is 37.6 Å². The number of halogens is 1. The van der Waals surface area contributed by atoms with Gasteiger partial charge in [-0.3, -0.25) is 10.1 Å². The molecule has 1 aromatic heterocycles. The van der Waals surface area contributed by atoms with Crippen LogP contribution in [-0.2, 0) is 16.0 Å². The van der Waals surface area contributed by atoms with Gasteiger partial charge in [0.15, 0.2) is 5.76 Å². The Hall–Kier alpha value is -4.63. The number of aromatic nitrogens is 1. The first-order valence-corrected chi connectivity index (χ1v) is 12.5. The smallest absolute Gasteiger partial charge is 0.412 e. The van der Waals surface area contributed by atoms with Gasteiger partial charge in [0, 0.05) is 28.1 Å². The molecule has 0 aliphatic heterocycles. The molecule has 0 saturated carbocycles. The third-order valence-electron chi connectivity index (χ3n) is 6.01. The average Bonchev–Trinajstić information content (AvgIpc) is 3.28. The Balaban J connectivity index is 1.44. The summed E-state index contributed by atoms with van der Waals surface area (Å²) in [5.74, 6) is -1.39. The molecule has 0 fully saturated rings. The fourth-order valence-electron chi connectivity index (χ4n) is 3.94. The number of ether oxygens (including phenoxy) is 1. The largest absolute Gasteiger partial charge is 0.480 e. The highest BCUT2D eigenvalue weighted by Crippen LogP contribution is 2.32. The Morgan fingerprint density at radius 2 is 1.67 bits per heavy atom. The van der Waals surface area contributed by atoms with Gasteiger partial charge in [-0.2, -0.15) is 0 Å². The maximum atomic E-state index is 12.8. The molecule has 1 heterocycles. The lowest BCUT2D eigenvalue weighted by atomic mass is 10.0. The van der Waals surface area contributed by atoms with Gasteiger partial charge in [-0.1, -0.05) is 77.4 Å². The van der Waals surface area contributed by atoms with E-state index in [9.17, 15) is 19.5 Å². The number of amides is 2. The minimum atomic E-state index is -1.13. The molecule has 1 unspecified atom stereocenters. The van der Waals surface area contributed by atoms with Crippen molar-refractivity contribution in [3.8, 4) is 11.3 Å². The number of carbonyl (C=O) groups is 3. The first-order chi connectivity index (χ1) is 18.7. The Bertz CT molecular complexity index is 1470. The van der Waals surface area contributed by atoms with Crippen LogP contribution < -0.4 is 10.6 Å². The summed E-state index contributed by atoms with van der Waals surface area (Å²) < 4.78 is 10.9. The van der Waals surface area contributed by atoms with Crippen molar-refractivity contribution >= 4 is 35.3 Å². The standard InChI is InChI=1S/C29H26ClN3O6/c1-17-25(32-29(37)38-18(2)22-10-6-7-11-23(22)30)26(39-33-17)20-12-14-21(15-13-20)27(34)31-24(28(35)36)16-19-8-4-3-5-9-19/h3-15,18,24H,16H2,1-2H3,(H,31,34)(H,32,37)(H,35,36)/t18-,24?/m1/s1. The number of carboxylic acid groups (broad SMARTS) is 1. The van der Waals surface area contributed by atoms with E-state index in [1.165, 1.54) is 12.1 Å². The van der Waals surface area contributed by atoms with E-state index in [4.69, 9.17) is 20.9 Å². The van der Waals surface area contributed by atoms with Crippen molar-refractivity contribution in [3.63, 3.8) is 0 Å². The Morgan fingerprint density at radius 1 is 1.00 bits per heavy atom. The second kappa shape index (κ2) is 12.3. The van der Waals surface area contributed by atoms with Crippen LogP contribution in [0.25, 0.3) is 11.3 Å². The third-order valence-corrected chi connectivity index (χ3v) is 6.36. The second-order valence-corrected chi connectivity index (χ2v) is 9.20. The predicted molar refractivity (Wildman–Crippen MR) is 146 cm³/mol. The van der Waals surface area contributed by atoms with Crippen LogP contribution in [0.15, 0.2) is 83.4 Å². The maximum Gasteiger partial charge on any atom is 0.412 e. The van der Waals surface area contributed by atoms with Crippen molar-refractivity contribution in [2.45, 2.75) is 32.4 Å². The summed E-state index contributed by atoms with van der Waals surface area (Å²) in [6, 6.07) is 21.3. The molecular weight excluding hydrogens is 522 g/mol. The molecule has 2 amide bonds. The second-order valence-electron chi connectivity index (χ2n) is 8.80. The number of aliphatic carboxylic acids is 1. The van der Waals surface area contributed by atoms with Crippen LogP contribution in [0.3, 0.4) is 0 Å². The molecule has 0 bridgehead atoms. The quantitative estimate of drug-likeness (QED) is 0.233. The van der Waals surface area contributed by atoms with Crippen molar-refractivity contribution in [1.29, 1.82) is 0 Å². The fourth-order valence-corrected chi connectivity index (χ4v) is 4.23. The van der Waals surface area contributed by atoms with Crippen molar-refractivity contribution in [1.82, 2.24) is 10.5 Å². The van der Waals surface area contributed by atoms with E-state index in [2.05, 4.69) is 15.8 Å². The van der Waals surface area contributed by atoms with Crippen molar-refractivity contribution in [3.05, 3.63) is 106 Å². The molecule has 3 N–H and O–H groups in total. The molecule has 9 nitrogen and oxygen atoms in total. The van der Waals surface area contributed by atoms with Gasteiger partial charge in [0.25, 0.3) is 5.91 Å². The van der Waals surface area contributed by atoms with Crippen molar-refractivity contribution < 1.29 is 28.8 Å². The highest BCUT2D eigenvalue weighted by molar-refractivity contribution is 6.31. The number of hydrogen-bond donors (Lipinski definition) is 3. The molecule has 3 aromatic carbocycles. The number of carbonyl (C=O) groups excluding carboxylic acids is 2. The van der Waals surface area contributed by atoms with Crippen LogP contribution in [0.4, 0.5) is 10.5 Å². The zero-order valence-electron chi connectivity index (χ0n) is 21.2. The van der Waals surface area contributed by atoms with Crippen LogP contribution in [0.5, 0.6) is 0 Å². The topological polar surface area (TPSA) is 131 Å². The summed E-state index contributed by atoms with van der Waals surface area (Å²) in [4.78, 5) is 37.1. The zero-order chi connectivity index (χ0) is 27.9. The number of benzene rings is 3. The van der Waals surface area contributed by atoms with E-state index in [-0.39, 0.29) is 17.7 Å². The van der Waals surface area contributed by atoms with Crippen LogP contribution in [0, 0.1) is 6.92 Å². The molecule has 0 aliphatic carbocycles. The number of aryl methyl sites for hydroxylation is 1. The summed E-state index contributed by atoms with van der Waals surface area (Å²) in [5.41, 5.74) is 3.01. The number of nitrogens with one attached hydrogen (secondary N) is 2. The lowest BCUT2D eigenvalue weighted by Crippen LogP contribution is -2.42. The molecular formula is C29H26ClN3O6. The summed E-state index contributed by atoms with van der Waals surface area (Å²) in [6.07, 6.45) is -1.17. The van der Waals surface area contributed by atoms with Gasteiger partial charge >= 0.3 is 12.1 Å². The van der Waals surface area contributed by atoms with E-state index < -0.39 is 30.1 Å². The van der Waals surface area contributed by atoms with Gasteiger partial charge in [-0.25, -0.2) is 9.59 Å². The van der Waals surface area contributed by atoms with E-state index in [0.29, 0.717) is 27.5 Å². The number of rotatable bonds is 9. The van der Waals surface area contributed by atoms with Gasteiger partial charge < -0.3 is 19.7 Å². The minimum absolute atomic E-state index is 0.150. The average molecular weight is 548 g/mol. The first kappa shape index (κ1) is 27.4. The first-order valence-electron chi connectivity index (χ1n) is 12.1. The van der Waals surface area contributed by atoms with Gasteiger partial charge in [0.05, 0.1) is 0 Å². The lowest BCUT2D eigenvalue weighted by Gasteiger charge is -2.15. The number of carboxylic acids is 1. The third kappa shape index (κ3) is 6.82. The molecule has 4 aromatic rings. The molecule has 0 radical (unpaired) electrons. The van der Waals surface area contributed by atoms with Crippen molar-refractivity contribution in [2.24, 2.45) is 0 Å². The number of hydrogen-bond acceptors (Lipinski definition) is 6. The number of anilines is 1. The molecule has 10 heteroatoms. The van der Waals surface area contributed by atoms with Crippen molar-refractivity contribution in [2.75, 3.05) is 5.32 Å². The normalized spacial score (nSPS) is 12.3. The van der Waals surface area contributed by atoms with Crippen LogP contribution >= 0.6 is 11.6 Å². The predicted octanol–water partition coefficient (Wildman–Crippen LogP) is 6.04. The summed E-state index contributed by atoms with van der Waals surface area (Å²) >= 11 is 6.20. The lowest BCUT2D eigenvalue weighted by molar-refractivity contribution is -0.139. The highest BCUT2D eigenvalue weighted by atomic mass is 35.5. The summed E-state index contributed by atoms with van der Waals surface area (Å²) in [6.45, 7) is 3.38. The van der Waals surface area contributed by atoms with E-state index in [1.54, 1.807) is 62.4 Å². The van der Waals surface area contributed by atoms with Crippen LogP contribution in [-0.4, -0.2) is 34.3 Å². The minimum Gasteiger partial charge on any atom is -0.480 e. The molecule has 39 heavy (non-hydrogen) atoms. The SMILES string of the molecule is Cc1noc(-c2ccc(C(=O)NC(Cc3ccccc3)C(=O)O)cc2)c1NC(=O)O[C@H](C)c1ccccc1Cl.